The number of hydrogen-bond acceptors (Lipinski definition) is 4. The minimum absolute atomic E-state index is 0.198. The number of hydrogen-bond donors (Lipinski definition) is 1. The molecular weight excluding hydrogens is 311 g/mol. The van der Waals surface area contributed by atoms with Crippen molar-refractivity contribution >= 4 is 15.7 Å². The monoisotopic (exact) mass is 324 g/mol. The summed E-state index contributed by atoms with van der Waals surface area (Å²) in [5.74, 6) is -0.419. The van der Waals surface area contributed by atoms with Crippen LogP contribution in [0.3, 0.4) is 0 Å². The van der Waals surface area contributed by atoms with Gasteiger partial charge in [0.15, 0.2) is 0 Å². The second-order valence-electron chi connectivity index (χ2n) is 4.65. The molecular formula is C14H13FN2O4S. The molecule has 0 radical (unpaired) electrons. The van der Waals surface area contributed by atoms with Gasteiger partial charge in [-0.3, -0.25) is 10.1 Å². The Kier molecular flexibility index (Phi) is 4.53. The van der Waals surface area contributed by atoms with Gasteiger partial charge in [0.2, 0.25) is 10.0 Å². The number of nitrogens with one attached hydrogen (secondary N) is 1. The average Bonchev–Trinajstić information content (AvgIpc) is 2.47. The van der Waals surface area contributed by atoms with E-state index in [2.05, 4.69) is 4.72 Å². The Bertz CT molecular complexity index is 791. The molecule has 1 atom stereocenters. The van der Waals surface area contributed by atoms with E-state index in [4.69, 9.17) is 0 Å². The summed E-state index contributed by atoms with van der Waals surface area (Å²) in [7, 11) is -3.92. The maximum Gasteiger partial charge on any atom is 0.270 e. The molecule has 1 N–H and O–H groups in total. The summed E-state index contributed by atoms with van der Waals surface area (Å²) < 4.78 is 39.8. The third-order valence-corrected chi connectivity index (χ3v) is 4.58. The molecule has 2 aromatic rings. The third kappa shape index (κ3) is 3.66. The summed E-state index contributed by atoms with van der Waals surface area (Å²) in [6.45, 7) is 1.60. The Labute approximate surface area is 126 Å². The minimum Gasteiger partial charge on any atom is -0.258 e. The van der Waals surface area contributed by atoms with Crippen molar-refractivity contribution in [2.45, 2.75) is 17.9 Å². The van der Waals surface area contributed by atoms with Gasteiger partial charge in [-0.25, -0.2) is 17.5 Å². The van der Waals surface area contributed by atoms with Crippen LogP contribution in [0.1, 0.15) is 18.5 Å². The first-order valence-corrected chi connectivity index (χ1v) is 7.80. The highest BCUT2D eigenvalue weighted by Gasteiger charge is 2.20. The lowest BCUT2D eigenvalue weighted by Crippen LogP contribution is -2.26. The SMILES string of the molecule is C[C@@H](NS(=O)(=O)c1cccc([N+](=O)[O-])c1)c1ccc(F)cc1. The van der Waals surface area contributed by atoms with E-state index in [1.165, 1.54) is 42.5 Å². The number of benzene rings is 2. The first-order chi connectivity index (χ1) is 10.3. The molecule has 116 valence electrons. The van der Waals surface area contributed by atoms with Gasteiger partial charge < -0.3 is 0 Å². The van der Waals surface area contributed by atoms with Crippen LogP contribution in [0.25, 0.3) is 0 Å². The van der Waals surface area contributed by atoms with Crippen LogP contribution in [0, 0.1) is 15.9 Å². The van der Waals surface area contributed by atoms with Gasteiger partial charge in [-0.2, -0.15) is 0 Å². The number of nitro groups is 1. The zero-order valence-electron chi connectivity index (χ0n) is 11.6. The number of nitro benzene ring substituents is 1. The van der Waals surface area contributed by atoms with Gasteiger partial charge in [-0.15, -0.1) is 0 Å². The van der Waals surface area contributed by atoms with Crippen LogP contribution in [0.15, 0.2) is 53.4 Å². The van der Waals surface area contributed by atoms with Crippen LogP contribution in [0.4, 0.5) is 10.1 Å². The normalized spacial score (nSPS) is 12.8. The van der Waals surface area contributed by atoms with Crippen LogP contribution in [0.2, 0.25) is 0 Å². The lowest BCUT2D eigenvalue weighted by molar-refractivity contribution is -0.385. The first kappa shape index (κ1) is 16.1. The van der Waals surface area contributed by atoms with E-state index in [0.29, 0.717) is 5.56 Å². The highest BCUT2D eigenvalue weighted by Crippen LogP contribution is 2.20. The van der Waals surface area contributed by atoms with E-state index in [0.717, 1.165) is 6.07 Å². The van der Waals surface area contributed by atoms with Gasteiger partial charge in [0.25, 0.3) is 5.69 Å². The maximum absolute atomic E-state index is 12.9. The fourth-order valence-corrected chi connectivity index (χ4v) is 3.16. The predicted octanol–water partition coefficient (Wildman–Crippen LogP) is 2.77. The van der Waals surface area contributed by atoms with Gasteiger partial charge in [-0.1, -0.05) is 18.2 Å². The Balaban J connectivity index is 2.25. The van der Waals surface area contributed by atoms with Crippen LogP contribution in [-0.2, 0) is 10.0 Å². The van der Waals surface area contributed by atoms with E-state index in [1.807, 2.05) is 0 Å². The zero-order chi connectivity index (χ0) is 16.3. The van der Waals surface area contributed by atoms with Gasteiger partial charge in [-0.05, 0) is 30.7 Å². The van der Waals surface area contributed by atoms with Crippen molar-refractivity contribution in [3.8, 4) is 0 Å². The van der Waals surface area contributed by atoms with Crippen molar-refractivity contribution in [2.75, 3.05) is 0 Å². The molecule has 0 aliphatic rings. The number of nitrogens with zero attached hydrogens (tertiary/aromatic N) is 1. The molecule has 0 heterocycles. The van der Waals surface area contributed by atoms with Crippen LogP contribution >= 0.6 is 0 Å². The van der Waals surface area contributed by atoms with Gasteiger partial charge in [0.1, 0.15) is 5.82 Å². The van der Waals surface area contributed by atoms with E-state index in [-0.39, 0.29) is 10.6 Å². The topological polar surface area (TPSA) is 89.3 Å². The highest BCUT2D eigenvalue weighted by molar-refractivity contribution is 7.89. The summed E-state index contributed by atoms with van der Waals surface area (Å²) in [4.78, 5) is 9.85. The van der Waals surface area contributed by atoms with Crippen molar-refractivity contribution < 1.29 is 17.7 Å². The molecule has 0 aliphatic heterocycles. The summed E-state index contributed by atoms with van der Waals surface area (Å²) in [6.07, 6.45) is 0. The Morgan fingerprint density at radius 3 is 2.41 bits per heavy atom. The van der Waals surface area contributed by atoms with Crippen molar-refractivity contribution in [1.29, 1.82) is 0 Å². The fraction of sp³-hybridized carbons (Fsp3) is 0.143. The molecule has 6 nitrogen and oxygen atoms in total. The second-order valence-corrected chi connectivity index (χ2v) is 6.36. The molecule has 0 amide bonds. The second kappa shape index (κ2) is 6.20. The molecule has 0 aliphatic carbocycles. The first-order valence-electron chi connectivity index (χ1n) is 6.32. The van der Waals surface area contributed by atoms with E-state index >= 15 is 0 Å². The molecule has 0 saturated heterocycles. The number of sulfonamides is 1. The molecule has 0 aromatic heterocycles. The molecule has 0 unspecified atom stereocenters. The molecule has 2 aromatic carbocycles. The number of non-ortho nitro benzene ring substituents is 1. The largest absolute Gasteiger partial charge is 0.270 e. The zero-order valence-corrected chi connectivity index (χ0v) is 12.4. The van der Waals surface area contributed by atoms with Crippen LogP contribution < -0.4 is 4.72 Å². The Morgan fingerprint density at radius 1 is 1.18 bits per heavy atom. The quantitative estimate of drug-likeness (QED) is 0.676. The van der Waals surface area contributed by atoms with Gasteiger partial charge in [0, 0.05) is 18.2 Å². The lowest BCUT2D eigenvalue weighted by Gasteiger charge is -2.14. The molecule has 0 spiro atoms. The summed E-state index contributed by atoms with van der Waals surface area (Å²) in [6, 6.07) is 9.56. The molecule has 0 saturated carbocycles. The summed E-state index contributed by atoms with van der Waals surface area (Å²) in [5, 5.41) is 10.7. The predicted molar refractivity (Wildman–Crippen MR) is 78.2 cm³/mol. The summed E-state index contributed by atoms with van der Waals surface area (Å²) >= 11 is 0. The molecule has 22 heavy (non-hydrogen) atoms. The lowest BCUT2D eigenvalue weighted by atomic mass is 10.1. The van der Waals surface area contributed by atoms with Crippen molar-refractivity contribution in [3.63, 3.8) is 0 Å². The van der Waals surface area contributed by atoms with Crippen LogP contribution in [0.5, 0.6) is 0 Å². The van der Waals surface area contributed by atoms with Gasteiger partial charge >= 0.3 is 0 Å². The average molecular weight is 324 g/mol. The number of halogens is 1. The molecule has 0 fully saturated rings. The third-order valence-electron chi connectivity index (χ3n) is 3.04. The van der Waals surface area contributed by atoms with Crippen molar-refractivity contribution in [3.05, 3.63) is 70.0 Å². The van der Waals surface area contributed by atoms with Crippen LogP contribution in [-0.4, -0.2) is 13.3 Å². The molecule has 2 rings (SSSR count). The Morgan fingerprint density at radius 2 is 1.82 bits per heavy atom. The maximum atomic E-state index is 12.9. The van der Waals surface area contributed by atoms with Crippen molar-refractivity contribution in [1.82, 2.24) is 4.72 Å². The molecule has 0 bridgehead atoms. The van der Waals surface area contributed by atoms with Crippen molar-refractivity contribution in [2.24, 2.45) is 0 Å². The fourth-order valence-electron chi connectivity index (χ4n) is 1.88. The van der Waals surface area contributed by atoms with E-state index in [9.17, 15) is 22.9 Å². The number of rotatable bonds is 5. The minimum atomic E-state index is -3.92. The highest BCUT2D eigenvalue weighted by atomic mass is 32.2. The van der Waals surface area contributed by atoms with E-state index in [1.54, 1.807) is 6.92 Å². The van der Waals surface area contributed by atoms with Gasteiger partial charge in [0.05, 0.1) is 9.82 Å². The molecule has 8 heteroatoms. The Hall–Kier alpha value is -2.32. The van der Waals surface area contributed by atoms with E-state index < -0.39 is 26.8 Å². The smallest absolute Gasteiger partial charge is 0.258 e. The summed E-state index contributed by atoms with van der Waals surface area (Å²) in [5.41, 5.74) is 0.271. The standard InChI is InChI=1S/C14H13FN2O4S/c1-10(11-5-7-12(15)8-6-11)16-22(20,21)14-4-2-3-13(9-14)17(18)19/h2-10,16H,1H3/t10-/m1/s1.